The van der Waals surface area contributed by atoms with Crippen molar-refractivity contribution in [3.63, 3.8) is 0 Å². The van der Waals surface area contributed by atoms with Crippen LogP contribution >= 0.6 is 16.3 Å². The van der Waals surface area contributed by atoms with Crippen LogP contribution < -0.4 is 5.30 Å². The first-order valence-electron chi connectivity index (χ1n) is 14.7. The average molecular weight is 568 g/mol. The predicted molar refractivity (Wildman–Crippen MR) is 182 cm³/mol. The molecule has 0 heterocycles. The Labute approximate surface area is 246 Å². The highest BCUT2D eigenvalue weighted by Crippen LogP contribution is 2.47. The van der Waals surface area contributed by atoms with Gasteiger partial charge >= 0.3 is 0 Å². The van der Waals surface area contributed by atoms with E-state index in [1.165, 1.54) is 44.4 Å². The van der Waals surface area contributed by atoms with Gasteiger partial charge in [0.1, 0.15) is 0 Å². The topological polar surface area (TPSA) is 12.4 Å². The Balaban J connectivity index is 2.86. The van der Waals surface area contributed by atoms with Crippen molar-refractivity contribution < 1.29 is 0 Å². The summed E-state index contributed by atoms with van der Waals surface area (Å²) in [4.78, 5) is 0. The van der Waals surface area contributed by atoms with Gasteiger partial charge in [-0.05, 0) is 79.4 Å². The zero-order valence-corrected chi connectivity index (χ0v) is 30.6. The Bertz CT molecular complexity index is 1140. The van der Waals surface area contributed by atoms with Gasteiger partial charge in [0.2, 0.25) is 0 Å². The first-order valence-corrected chi connectivity index (χ1v) is 17.4. The number of rotatable bonds is 3. The summed E-state index contributed by atoms with van der Waals surface area (Å²) in [5.74, 6) is 0. The van der Waals surface area contributed by atoms with E-state index in [0.29, 0.717) is 8.27 Å². The molecule has 0 aliphatic heterocycles. The molecule has 0 aliphatic carbocycles. The number of hydrogen-bond donors (Lipinski definition) is 0. The molecule has 1 unspecified atom stereocenters. The van der Waals surface area contributed by atoms with Gasteiger partial charge < -0.3 is 0 Å². The van der Waals surface area contributed by atoms with Gasteiger partial charge in [-0.2, -0.15) is 0 Å². The van der Waals surface area contributed by atoms with Crippen molar-refractivity contribution in [1.29, 1.82) is 0 Å². The van der Waals surface area contributed by atoms with E-state index >= 15 is 0 Å². The molecule has 1 atom stereocenters. The predicted octanol–water partition coefficient (Wildman–Crippen LogP) is 12.2. The maximum Gasteiger partial charge on any atom is 0.0754 e. The van der Waals surface area contributed by atoms with Crippen molar-refractivity contribution in [2.75, 3.05) is 0 Å². The molecule has 0 spiro atoms. The highest BCUT2D eigenvalue weighted by atomic mass is 32.0. The SMILES string of the molecule is CC(C)(C)c1cc(C(C)(C)C)c(N=PPc2c(C(C)(C)C)cc(C(C)(C)C)cc2C(C)(C)C)c(C(C)(C)C)c1. The third-order valence-electron chi connectivity index (χ3n) is 7.52. The minimum Gasteiger partial charge on any atom is -0.227 e. The molecule has 2 aromatic rings. The summed E-state index contributed by atoms with van der Waals surface area (Å²) >= 11 is 0. The van der Waals surface area contributed by atoms with Crippen LogP contribution in [0.15, 0.2) is 29.0 Å². The molecule has 0 saturated carbocycles. The molecule has 0 bridgehead atoms. The van der Waals surface area contributed by atoms with Crippen molar-refractivity contribution in [2.24, 2.45) is 4.74 Å². The molecule has 0 fully saturated rings. The molecular weight excluding hydrogens is 508 g/mol. The summed E-state index contributed by atoms with van der Waals surface area (Å²) in [5.41, 5.74) is 10.1. The van der Waals surface area contributed by atoms with Crippen molar-refractivity contribution in [1.82, 2.24) is 0 Å². The lowest BCUT2D eigenvalue weighted by atomic mass is 9.74. The first kappa shape index (κ1) is 34.2. The molecule has 2 rings (SSSR count). The number of hydrogen-bond acceptors (Lipinski definition) is 1. The van der Waals surface area contributed by atoms with Crippen LogP contribution in [0.2, 0.25) is 0 Å². The molecule has 0 radical (unpaired) electrons. The summed E-state index contributed by atoms with van der Waals surface area (Å²) in [6, 6.07) is 9.86. The Morgan fingerprint density at radius 1 is 0.436 bits per heavy atom. The Morgan fingerprint density at radius 2 is 0.718 bits per heavy atom. The average Bonchev–Trinajstić information content (AvgIpc) is 2.68. The molecule has 0 saturated heterocycles. The summed E-state index contributed by atoms with van der Waals surface area (Å²) in [6.45, 7) is 42.2. The van der Waals surface area contributed by atoms with E-state index in [1.807, 2.05) is 0 Å². The third kappa shape index (κ3) is 8.49. The maximum absolute atomic E-state index is 5.46. The fourth-order valence-electron chi connectivity index (χ4n) is 4.82. The quantitative estimate of drug-likeness (QED) is 0.327. The second-order valence-electron chi connectivity index (χ2n) is 17.7. The Morgan fingerprint density at radius 3 is 0.974 bits per heavy atom. The molecule has 0 aliphatic rings. The van der Waals surface area contributed by atoms with Gasteiger partial charge in [0, 0.05) is 8.06 Å². The highest BCUT2D eigenvalue weighted by Gasteiger charge is 2.31. The lowest BCUT2D eigenvalue weighted by Gasteiger charge is -2.33. The minimum atomic E-state index is 0.0141. The smallest absolute Gasteiger partial charge is 0.0754 e. The number of benzene rings is 2. The van der Waals surface area contributed by atoms with E-state index in [2.05, 4.69) is 149 Å². The van der Waals surface area contributed by atoms with E-state index in [0.717, 1.165) is 8.06 Å². The van der Waals surface area contributed by atoms with Gasteiger partial charge in [-0.3, -0.25) is 0 Å². The van der Waals surface area contributed by atoms with Crippen LogP contribution in [-0.4, -0.2) is 0 Å². The van der Waals surface area contributed by atoms with E-state index < -0.39 is 0 Å². The maximum atomic E-state index is 5.46. The Kier molecular flexibility index (Phi) is 9.63. The minimum absolute atomic E-state index is 0.0141. The molecule has 1 nitrogen and oxygen atoms in total. The largest absolute Gasteiger partial charge is 0.227 e. The van der Waals surface area contributed by atoms with Crippen LogP contribution in [0.1, 0.15) is 158 Å². The fourth-order valence-corrected chi connectivity index (χ4v) is 7.90. The summed E-state index contributed by atoms with van der Waals surface area (Å²) in [5, 5.41) is 1.51. The molecule has 0 N–H and O–H groups in total. The van der Waals surface area contributed by atoms with Crippen LogP contribution in [-0.2, 0) is 32.5 Å². The fraction of sp³-hybridized carbons (Fsp3) is 0.667. The number of nitrogens with zero attached hydrogens (tertiary/aromatic N) is 1. The van der Waals surface area contributed by atoms with Crippen LogP contribution in [0.3, 0.4) is 0 Å². The van der Waals surface area contributed by atoms with Crippen LogP contribution in [0.5, 0.6) is 0 Å². The third-order valence-corrected chi connectivity index (χ3v) is 9.96. The summed E-state index contributed by atoms with van der Waals surface area (Å²) < 4.78 is 5.46. The summed E-state index contributed by atoms with van der Waals surface area (Å²) in [6.07, 6.45) is 0. The Hall–Kier alpha value is -1.03. The standard InChI is InChI=1S/C36H59NP2/c1-31(2,3)23-19-25(33(7,8)9)29(26(20-23)34(10,11)12)37-39-38-30-27(35(13,14)15)21-24(32(4,5)6)22-28(30)36(16,17)18/h19-22,38H,1-18H3. The van der Waals surface area contributed by atoms with E-state index in [9.17, 15) is 0 Å². The molecule has 218 valence electrons. The van der Waals surface area contributed by atoms with Gasteiger partial charge in [-0.15, -0.1) is 0 Å². The lowest BCUT2D eigenvalue weighted by Crippen LogP contribution is -2.29. The molecule has 0 amide bonds. The molecule has 0 aromatic heterocycles. The van der Waals surface area contributed by atoms with Gasteiger partial charge in [0.15, 0.2) is 0 Å². The lowest BCUT2D eigenvalue weighted by molar-refractivity contribution is 0.550. The van der Waals surface area contributed by atoms with Gasteiger partial charge in [0.25, 0.3) is 0 Å². The summed E-state index contributed by atoms with van der Waals surface area (Å²) in [7, 11) is 1.74. The van der Waals surface area contributed by atoms with Crippen molar-refractivity contribution in [3.05, 3.63) is 57.6 Å². The highest BCUT2D eigenvalue weighted by molar-refractivity contribution is 8.10. The van der Waals surface area contributed by atoms with Gasteiger partial charge in [0.05, 0.1) is 5.69 Å². The second kappa shape index (κ2) is 11.0. The molecule has 39 heavy (non-hydrogen) atoms. The van der Waals surface area contributed by atoms with E-state index in [-0.39, 0.29) is 32.5 Å². The zero-order chi connectivity index (χ0) is 30.6. The molecule has 3 heteroatoms. The van der Waals surface area contributed by atoms with Gasteiger partial charge in [-0.25, -0.2) is 4.74 Å². The molecular formula is C36H59NP2. The van der Waals surface area contributed by atoms with Crippen molar-refractivity contribution >= 4 is 27.3 Å². The van der Waals surface area contributed by atoms with Crippen LogP contribution in [0.4, 0.5) is 5.69 Å². The second-order valence-corrected chi connectivity index (χ2v) is 20.1. The van der Waals surface area contributed by atoms with Crippen LogP contribution in [0.25, 0.3) is 0 Å². The molecule has 2 aromatic carbocycles. The normalized spacial score (nSPS) is 14.7. The first-order chi connectivity index (χ1) is 17.1. The monoisotopic (exact) mass is 567 g/mol. The van der Waals surface area contributed by atoms with E-state index in [4.69, 9.17) is 4.74 Å². The van der Waals surface area contributed by atoms with Gasteiger partial charge in [-0.1, -0.05) is 149 Å². The zero-order valence-electron chi connectivity index (χ0n) is 28.7. The van der Waals surface area contributed by atoms with E-state index in [1.54, 1.807) is 0 Å². The van der Waals surface area contributed by atoms with Crippen molar-refractivity contribution in [2.45, 2.75) is 157 Å². The van der Waals surface area contributed by atoms with Crippen LogP contribution in [0, 0.1) is 0 Å². The van der Waals surface area contributed by atoms with Crippen molar-refractivity contribution in [3.8, 4) is 0 Å².